The second-order valence-corrected chi connectivity index (χ2v) is 7.69. The van der Waals surface area contributed by atoms with Gasteiger partial charge >= 0.3 is 12.2 Å². The zero-order valence-corrected chi connectivity index (χ0v) is 16.7. The molecule has 1 heterocycles. The lowest BCUT2D eigenvalue weighted by Gasteiger charge is -2.24. The number of hydrogen-bond acceptors (Lipinski definition) is 5. The van der Waals surface area contributed by atoms with Crippen molar-refractivity contribution in [3.05, 3.63) is 35.9 Å². The summed E-state index contributed by atoms with van der Waals surface area (Å²) in [6.07, 6.45) is -0.335. The molecular weight excluding hydrogens is 362 g/mol. The van der Waals surface area contributed by atoms with Gasteiger partial charge in [-0.25, -0.2) is 9.59 Å². The highest BCUT2D eigenvalue weighted by atomic mass is 16.6. The van der Waals surface area contributed by atoms with Gasteiger partial charge in [-0.2, -0.15) is 0 Å². The Labute approximate surface area is 165 Å². The van der Waals surface area contributed by atoms with Crippen molar-refractivity contribution in [2.75, 3.05) is 26.2 Å². The summed E-state index contributed by atoms with van der Waals surface area (Å²) in [7, 11) is 0. The van der Waals surface area contributed by atoms with Gasteiger partial charge in [0.2, 0.25) is 5.91 Å². The number of hydrogen-bond donors (Lipinski definition) is 2. The number of benzene rings is 1. The molecule has 2 rings (SSSR count). The van der Waals surface area contributed by atoms with Crippen molar-refractivity contribution in [2.45, 2.75) is 39.4 Å². The minimum Gasteiger partial charge on any atom is -0.445 e. The number of nitrogens with one attached hydrogen (secondary N) is 2. The minimum absolute atomic E-state index is 0.134. The van der Waals surface area contributed by atoms with E-state index in [0.717, 1.165) is 5.56 Å². The van der Waals surface area contributed by atoms with Crippen LogP contribution in [0.15, 0.2) is 30.3 Å². The van der Waals surface area contributed by atoms with Crippen LogP contribution in [0.25, 0.3) is 0 Å². The summed E-state index contributed by atoms with van der Waals surface area (Å²) >= 11 is 0. The second-order valence-electron chi connectivity index (χ2n) is 7.69. The standard InChI is InChI=1S/C20H29N3O5/c1-20(2,3)28-19(26)23-12-9-16(13-23)17(24)21-10-11-22-18(25)27-14-15-7-5-4-6-8-15/h4-8,16H,9-14H2,1-3H3,(H,21,24)(H,22,25). The van der Waals surface area contributed by atoms with Crippen LogP contribution < -0.4 is 10.6 Å². The van der Waals surface area contributed by atoms with E-state index in [1.54, 1.807) is 4.90 Å². The molecule has 0 aromatic heterocycles. The van der Waals surface area contributed by atoms with Gasteiger partial charge in [0.15, 0.2) is 0 Å². The van der Waals surface area contributed by atoms with Gasteiger partial charge in [-0.1, -0.05) is 30.3 Å². The maximum Gasteiger partial charge on any atom is 0.410 e. The molecule has 0 bridgehead atoms. The molecule has 0 radical (unpaired) electrons. The molecule has 1 aromatic rings. The van der Waals surface area contributed by atoms with Gasteiger partial charge in [0, 0.05) is 26.2 Å². The smallest absolute Gasteiger partial charge is 0.410 e. The Balaban J connectivity index is 1.60. The van der Waals surface area contributed by atoms with Gasteiger partial charge in [0.05, 0.1) is 5.92 Å². The predicted octanol–water partition coefficient (Wildman–Crippen LogP) is 2.29. The molecule has 1 aromatic carbocycles. The largest absolute Gasteiger partial charge is 0.445 e. The lowest BCUT2D eigenvalue weighted by atomic mass is 10.1. The van der Waals surface area contributed by atoms with Crippen LogP contribution in [0.2, 0.25) is 0 Å². The zero-order chi connectivity index (χ0) is 20.6. The van der Waals surface area contributed by atoms with Crippen LogP contribution >= 0.6 is 0 Å². The van der Waals surface area contributed by atoms with Crippen LogP contribution in [-0.2, 0) is 20.9 Å². The van der Waals surface area contributed by atoms with E-state index in [9.17, 15) is 14.4 Å². The fourth-order valence-corrected chi connectivity index (χ4v) is 2.74. The third kappa shape index (κ3) is 7.46. The first-order chi connectivity index (χ1) is 13.2. The highest BCUT2D eigenvalue weighted by Gasteiger charge is 2.33. The molecule has 1 atom stereocenters. The Kier molecular flexibility index (Phi) is 7.66. The summed E-state index contributed by atoms with van der Waals surface area (Å²) in [5.74, 6) is -0.400. The molecule has 1 aliphatic heterocycles. The van der Waals surface area contributed by atoms with E-state index in [2.05, 4.69) is 10.6 Å². The molecule has 1 unspecified atom stereocenters. The van der Waals surface area contributed by atoms with Crippen LogP contribution in [0, 0.1) is 5.92 Å². The summed E-state index contributed by atoms with van der Waals surface area (Å²) in [4.78, 5) is 37.5. The van der Waals surface area contributed by atoms with Crippen molar-refractivity contribution in [3.63, 3.8) is 0 Å². The molecule has 0 aliphatic carbocycles. The summed E-state index contributed by atoms with van der Waals surface area (Å²) in [6, 6.07) is 9.38. The summed E-state index contributed by atoms with van der Waals surface area (Å²) in [5, 5.41) is 5.36. The molecule has 0 spiro atoms. The van der Waals surface area contributed by atoms with E-state index >= 15 is 0 Å². The molecule has 3 amide bonds. The van der Waals surface area contributed by atoms with Crippen molar-refractivity contribution in [2.24, 2.45) is 5.92 Å². The zero-order valence-electron chi connectivity index (χ0n) is 16.7. The maximum atomic E-state index is 12.2. The Hall–Kier alpha value is -2.77. The number of carbonyl (C=O) groups excluding carboxylic acids is 3. The lowest BCUT2D eigenvalue weighted by Crippen LogP contribution is -2.40. The maximum absolute atomic E-state index is 12.2. The summed E-state index contributed by atoms with van der Waals surface area (Å²) in [5.41, 5.74) is 0.347. The fraction of sp³-hybridized carbons (Fsp3) is 0.550. The van der Waals surface area contributed by atoms with E-state index in [1.165, 1.54) is 0 Å². The van der Waals surface area contributed by atoms with Crippen molar-refractivity contribution in [1.82, 2.24) is 15.5 Å². The van der Waals surface area contributed by atoms with Gasteiger partial charge in [-0.15, -0.1) is 0 Å². The number of likely N-dealkylation sites (tertiary alicyclic amines) is 1. The van der Waals surface area contributed by atoms with Gasteiger partial charge in [-0.3, -0.25) is 4.79 Å². The number of ether oxygens (including phenoxy) is 2. The number of carbonyl (C=O) groups is 3. The van der Waals surface area contributed by atoms with Crippen LogP contribution in [-0.4, -0.2) is 54.8 Å². The third-order valence-corrected chi connectivity index (χ3v) is 4.12. The monoisotopic (exact) mass is 391 g/mol. The topological polar surface area (TPSA) is 97.0 Å². The SMILES string of the molecule is CC(C)(C)OC(=O)N1CCC(C(=O)NCCNC(=O)OCc2ccccc2)C1. The number of rotatable bonds is 6. The highest BCUT2D eigenvalue weighted by molar-refractivity contribution is 5.80. The molecule has 154 valence electrons. The average Bonchev–Trinajstić information content (AvgIpc) is 3.13. The summed E-state index contributed by atoms with van der Waals surface area (Å²) < 4.78 is 10.4. The van der Waals surface area contributed by atoms with E-state index < -0.39 is 17.8 Å². The van der Waals surface area contributed by atoms with Crippen molar-refractivity contribution < 1.29 is 23.9 Å². The minimum atomic E-state index is -0.557. The first kappa shape index (κ1) is 21.5. The van der Waals surface area contributed by atoms with E-state index in [1.807, 2.05) is 51.1 Å². The van der Waals surface area contributed by atoms with Gasteiger partial charge in [-0.05, 0) is 32.8 Å². The highest BCUT2D eigenvalue weighted by Crippen LogP contribution is 2.19. The number of nitrogens with zero attached hydrogens (tertiary/aromatic N) is 1. The Morgan fingerprint density at radius 3 is 2.46 bits per heavy atom. The molecule has 1 aliphatic rings. The average molecular weight is 391 g/mol. The number of amides is 3. The Morgan fingerprint density at radius 1 is 1.11 bits per heavy atom. The quantitative estimate of drug-likeness (QED) is 0.725. The first-order valence-electron chi connectivity index (χ1n) is 9.45. The molecule has 8 nitrogen and oxygen atoms in total. The normalized spacial score (nSPS) is 16.4. The van der Waals surface area contributed by atoms with Crippen LogP contribution in [0.5, 0.6) is 0 Å². The van der Waals surface area contributed by atoms with E-state index in [0.29, 0.717) is 26.1 Å². The van der Waals surface area contributed by atoms with Gasteiger partial charge < -0.3 is 25.0 Å². The fourth-order valence-electron chi connectivity index (χ4n) is 2.74. The van der Waals surface area contributed by atoms with Crippen LogP contribution in [0.4, 0.5) is 9.59 Å². The van der Waals surface area contributed by atoms with E-state index in [4.69, 9.17) is 9.47 Å². The third-order valence-electron chi connectivity index (χ3n) is 4.12. The summed E-state index contributed by atoms with van der Waals surface area (Å²) in [6.45, 7) is 7.02. The molecule has 1 fully saturated rings. The molecule has 28 heavy (non-hydrogen) atoms. The van der Waals surface area contributed by atoms with Crippen LogP contribution in [0.1, 0.15) is 32.8 Å². The second kappa shape index (κ2) is 9.96. The van der Waals surface area contributed by atoms with Crippen molar-refractivity contribution in [3.8, 4) is 0 Å². The molecule has 1 saturated heterocycles. The Bertz CT molecular complexity index is 672. The van der Waals surface area contributed by atoms with Gasteiger partial charge in [0.25, 0.3) is 0 Å². The molecular formula is C20H29N3O5. The van der Waals surface area contributed by atoms with Crippen molar-refractivity contribution >= 4 is 18.1 Å². The molecule has 8 heteroatoms. The Morgan fingerprint density at radius 2 is 1.79 bits per heavy atom. The molecule has 2 N–H and O–H groups in total. The molecule has 0 saturated carbocycles. The van der Waals surface area contributed by atoms with Crippen molar-refractivity contribution in [1.29, 1.82) is 0 Å². The van der Waals surface area contributed by atoms with Gasteiger partial charge in [0.1, 0.15) is 12.2 Å². The van der Waals surface area contributed by atoms with Crippen LogP contribution in [0.3, 0.4) is 0 Å². The number of alkyl carbamates (subject to hydrolysis) is 1. The van der Waals surface area contributed by atoms with E-state index in [-0.39, 0.29) is 25.0 Å². The lowest BCUT2D eigenvalue weighted by molar-refractivity contribution is -0.124. The predicted molar refractivity (Wildman–Crippen MR) is 104 cm³/mol. The first-order valence-corrected chi connectivity index (χ1v) is 9.45.